The van der Waals surface area contributed by atoms with Crippen LogP contribution in [0.4, 0.5) is 0 Å². The molecule has 2 aromatic rings. The lowest BCUT2D eigenvalue weighted by molar-refractivity contribution is 0.0681. The second kappa shape index (κ2) is 10.8. The molecule has 1 heterocycles. The van der Waals surface area contributed by atoms with Crippen LogP contribution in [0.3, 0.4) is 0 Å². The zero-order valence-electron chi connectivity index (χ0n) is 18.5. The van der Waals surface area contributed by atoms with E-state index in [-0.39, 0.29) is 23.5 Å². The van der Waals surface area contributed by atoms with Crippen molar-refractivity contribution < 1.29 is 17.9 Å². The zero-order valence-corrected chi connectivity index (χ0v) is 19.4. The van der Waals surface area contributed by atoms with Crippen LogP contribution >= 0.6 is 0 Å². The average Bonchev–Trinajstić information content (AvgIpc) is 3.15. The predicted octanol–water partition coefficient (Wildman–Crippen LogP) is 4.65. The number of carbonyl (C=O) groups is 1. The molecule has 1 atom stereocenters. The summed E-state index contributed by atoms with van der Waals surface area (Å²) in [4.78, 5) is 15.1. The molecule has 0 unspecified atom stereocenters. The molecule has 0 aromatic heterocycles. The summed E-state index contributed by atoms with van der Waals surface area (Å²) < 4.78 is 29.9. The van der Waals surface area contributed by atoms with E-state index in [0.29, 0.717) is 25.1 Å². The predicted molar refractivity (Wildman–Crippen MR) is 124 cm³/mol. The third-order valence-corrected chi connectivity index (χ3v) is 7.56. The van der Waals surface area contributed by atoms with E-state index in [2.05, 4.69) is 26.0 Å². The van der Waals surface area contributed by atoms with Gasteiger partial charge in [0.15, 0.2) is 9.84 Å². The van der Waals surface area contributed by atoms with Crippen molar-refractivity contribution in [3.63, 3.8) is 0 Å². The smallest absolute Gasteiger partial charge is 0.254 e. The van der Waals surface area contributed by atoms with E-state index < -0.39 is 9.84 Å². The molecule has 0 spiro atoms. The van der Waals surface area contributed by atoms with E-state index in [9.17, 15) is 13.2 Å². The molecule has 6 heteroatoms. The van der Waals surface area contributed by atoms with Gasteiger partial charge in [-0.25, -0.2) is 8.42 Å². The Balaban J connectivity index is 1.75. The number of unbranched alkanes of at least 4 members (excludes halogenated alkanes) is 2. The largest absolute Gasteiger partial charge is 0.494 e. The van der Waals surface area contributed by atoms with Gasteiger partial charge in [-0.05, 0) is 54.7 Å². The van der Waals surface area contributed by atoms with E-state index >= 15 is 0 Å². The van der Waals surface area contributed by atoms with Crippen LogP contribution in [0.5, 0.6) is 5.75 Å². The molecule has 1 saturated heterocycles. The van der Waals surface area contributed by atoms with Gasteiger partial charge in [-0.15, -0.1) is 0 Å². The Labute approximate surface area is 186 Å². The summed E-state index contributed by atoms with van der Waals surface area (Å²) in [6.45, 7) is 5.32. The molecule has 1 aliphatic heterocycles. The average molecular weight is 444 g/mol. The molecule has 0 aliphatic carbocycles. The molecule has 0 saturated carbocycles. The third-order valence-electron chi connectivity index (χ3n) is 5.81. The molecule has 0 radical (unpaired) electrons. The fourth-order valence-corrected chi connectivity index (χ4v) is 5.60. The van der Waals surface area contributed by atoms with Crippen molar-refractivity contribution in [3.05, 3.63) is 65.2 Å². The maximum absolute atomic E-state index is 13.4. The summed E-state index contributed by atoms with van der Waals surface area (Å²) in [7, 11) is -3.09. The number of hydrogen-bond acceptors (Lipinski definition) is 4. The number of amides is 1. The van der Waals surface area contributed by atoms with Crippen molar-refractivity contribution in [1.29, 1.82) is 0 Å². The Kier molecular flexibility index (Phi) is 8.13. The van der Waals surface area contributed by atoms with Gasteiger partial charge < -0.3 is 9.64 Å². The fraction of sp³-hybridized carbons (Fsp3) is 0.480. The summed E-state index contributed by atoms with van der Waals surface area (Å²) in [6, 6.07) is 15.1. The van der Waals surface area contributed by atoms with Gasteiger partial charge in [0, 0.05) is 18.2 Å². The molecule has 0 bridgehead atoms. The first-order valence-corrected chi connectivity index (χ1v) is 13.1. The normalized spacial score (nSPS) is 17.4. The summed E-state index contributed by atoms with van der Waals surface area (Å²) in [5.41, 5.74) is 2.79. The molecule has 2 aromatic carbocycles. The van der Waals surface area contributed by atoms with Crippen LogP contribution in [0.2, 0.25) is 0 Å². The Morgan fingerprint density at radius 2 is 1.68 bits per heavy atom. The molecule has 5 nitrogen and oxygen atoms in total. The lowest BCUT2D eigenvalue weighted by Crippen LogP contribution is -2.40. The van der Waals surface area contributed by atoms with Crippen molar-refractivity contribution in [1.82, 2.24) is 4.90 Å². The van der Waals surface area contributed by atoms with Gasteiger partial charge >= 0.3 is 0 Å². The van der Waals surface area contributed by atoms with Crippen molar-refractivity contribution in [3.8, 4) is 5.75 Å². The SMILES string of the molecule is CCCCCOc1ccc(C(=O)N(Cc2ccc(CC)cc2)[C@H]2CCS(=O)(=O)C2)cc1. The third kappa shape index (κ3) is 6.57. The number of rotatable bonds is 10. The standard InChI is InChI=1S/C25H33NO4S/c1-3-5-6-16-30-24-13-11-22(12-14-24)25(27)26(23-15-17-31(28,29)19-23)18-21-9-7-20(4-2)8-10-21/h7-14,23H,3-6,15-19H2,1-2H3/t23-/m0/s1. The van der Waals surface area contributed by atoms with Crippen LogP contribution in [0.15, 0.2) is 48.5 Å². The van der Waals surface area contributed by atoms with Crippen molar-refractivity contribution in [2.45, 2.75) is 58.5 Å². The highest BCUT2D eigenvalue weighted by Gasteiger charge is 2.35. The highest BCUT2D eigenvalue weighted by Crippen LogP contribution is 2.23. The van der Waals surface area contributed by atoms with Gasteiger partial charge in [0.25, 0.3) is 5.91 Å². The number of sulfone groups is 1. The summed E-state index contributed by atoms with van der Waals surface area (Å²) in [6.07, 6.45) is 4.73. The maximum atomic E-state index is 13.4. The molecule has 1 amide bonds. The number of hydrogen-bond donors (Lipinski definition) is 0. The van der Waals surface area contributed by atoms with Crippen LogP contribution < -0.4 is 4.74 Å². The Hall–Kier alpha value is -2.34. The van der Waals surface area contributed by atoms with Crippen LogP contribution in [-0.2, 0) is 22.8 Å². The molecular weight excluding hydrogens is 410 g/mol. The first-order chi connectivity index (χ1) is 14.9. The second-order valence-electron chi connectivity index (χ2n) is 8.24. The van der Waals surface area contributed by atoms with Gasteiger partial charge in [-0.1, -0.05) is 51.0 Å². The quantitative estimate of drug-likeness (QED) is 0.502. The van der Waals surface area contributed by atoms with Crippen LogP contribution in [0, 0.1) is 0 Å². The number of nitrogens with zero attached hydrogens (tertiary/aromatic N) is 1. The molecule has 1 aliphatic rings. The summed E-state index contributed by atoms with van der Waals surface area (Å²) >= 11 is 0. The Bertz CT molecular complexity index is 952. The molecule has 3 rings (SSSR count). The second-order valence-corrected chi connectivity index (χ2v) is 10.5. The van der Waals surface area contributed by atoms with Gasteiger partial charge in [0.2, 0.25) is 0 Å². The minimum atomic E-state index is -3.09. The van der Waals surface area contributed by atoms with Gasteiger partial charge in [-0.2, -0.15) is 0 Å². The van der Waals surface area contributed by atoms with E-state index in [1.54, 1.807) is 17.0 Å². The summed E-state index contributed by atoms with van der Waals surface area (Å²) in [5.74, 6) is 0.780. The minimum Gasteiger partial charge on any atom is -0.494 e. The lowest BCUT2D eigenvalue weighted by Gasteiger charge is -2.28. The summed E-state index contributed by atoms with van der Waals surface area (Å²) in [5, 5.41) is 0. The van der Waals surface area contributed by atoms with Crippen molar-refractivity contribution >= 4 is 15.7 Å². The first-order valence-electron chi connectivity index (χ1n) is 11.2. The van der Waals surface area contributed by atoms with Crippen molar-refractivity contribution in [2.75, 3.05) is 18.1 Å². The number of carbonyl (C=O) groups excluding carboxylic acids is 1. The van der Waals surface area contributed by atoms with Crippen LogP contribution in [0.25, 0.3) is 0 Å². The number of benzene rings is 2. The number of ether oxygens (including phenoxy) is 1. The molecule has 168 valence electrons. The van der Waals surface area contributed by atoms with Gasteiger partial charge in [0.1, 0.15) is 5.75 Å². The van der Waals surface area contributed by atoms with E-state index in [1.807, 2.05) is 24.3 Å². The monoisotopic (exact) mass is 443 g/mol. The van der Waals surface area contributed by atoms with Crippen LogP contribution in [0.1, 0.15) is 61.0 Å². The van der Waals surface area contributed by atoms with Crippen molar-refractivity contribution in [2.24, 2.45) is 0 Å². The van der Waals surface area contributed by atoms with Crippen LogP contribution in [-0.4, -0.2) is 43.4 Å². The van der Waals surface area contributed by atoms with E-state index in [4.69, 9.17) is 4.74 Å². The lowest BCUT2D eigenvalue weighted by atomic mass is 10.1. The Morgan fingerprint density at radius 1 is 1.00 bits per heavy atom. The van der Waals surface area contributed by atoms with Gasteiger partial charge in [-0.3, -0.25) is 4.79 Å². The first kappa shape index (κ1) is 23.3. The van der Waals surface area contributed by atoms with E-state index in [0.717, 1.165) is 37.0 Å². The van der Waals surface area contributed by atoms with Gasteiger partial charge in [0.05, 0.1) is 18.1 Å². The molecule has 1 fully saturated rings. The zero-order chi connectivity index (χ0) is 22.3. The Morgan fingerprint density at radius 3 is 2.26 bits per heavy atom. The highest BCUT2D eigenvalue weighted by atomic mass is 32.2. The molecule has 0 N–H and O–H groups in total. The topological polar surface area (TPSA) is 63.7 Å². The molecular formula is C25H33NO4S. The number of aryl methyl sites for hydroxylation is 1. The maximum Gasteiger partial charge on any atom is 0.254 e. The van der Waals surface area contributed by atoms with E-state index in [1.165, 1.54) is 5.56 Å². The highest BCUT2D eigenvalue weighted by molar-refractivity contribution is 7.91. The molecule has 31 heavy (non-hydrogen) atoms. The fourth-order valence-electron chi connectivity index (χ4n) is 3.87. The minimum absolute atomic E-state index is 0.0321.